The van der Waals surface area contributed by atoms with Crippen LogP contribution in [0.25, 0.3) is 0 Å². The lowest BCUT2D eigenvalue weighted by Crippen LogP contribution is -1.78. The van der Waals surface area contributed by atoms with Crippen molar-refractivity contribution in [2.45, 2.75) is 20.8 Å². The lowest BCUT2D eigenvalue weighted by molar-refractivity contribution is 1.18. The average molecular weight is 279 g/mol. The molecule has 16 heavy (non-hydrogen) atoms. The monoisotopic (exact) mass is 278 g/mol. The predicted molar refractivity (Wildman–Crippen MR) is 70.4 cm³/mol. The number of hydrogen-bond acceptors (Lipinski definition) is 2. The van der Waals surface area contributed by atoms with E-state index < -0.39 is 0 Å². The van der Waals surface area contributed by atoms with Crippen molar-refractivity contribution in [3.05, 3.63) is 58.1 Å². The quantitative estimate of drug-likeness (QED) is 0.684. The summed E-state index contributed by atoms with van der Waals surface area (Å²) in [5.41, 5.74) is 3.59. The van der Waals surface area contributed by atoms with Crippen molar-refractivity contribution in [3.8, 4) is 0 Å². The Morgan fingerprint density at radius 2 is 1.44 bits per heavy atom. The van der Waals surface area contributed by atoms with E-state index >= 15 is 0 Å². The van der Waals surface area contributed by atoms with Crippen molar-refractivity contribution >= 4 is 15.9 Å². The number of halogens is 1. The van der Waals surface area contributed by atoms with Crippen molar-refractivity contribution in [1.82, 2.24) is 9.97 Å². The molecule has 0 unspecified atom stereocenters. The first-order chi connectivity index (χ1) is 7.58. The summed E-state index contributed by atoms with van der Waals surface area (Å²) in [5, 5.41) is 0. The Kier molecular flexibility index (Phi) is 5.12. The highest BCUT2D eigenvalue weighted by molar-refractivity contribution is 9.10. The molecule has 0 amide bonds. The molecule has 0 aliphatic carbocycles. The molecule has 2 nitrogen and oxygen atoms in total. The first kappa shape index (κ1) is 12.8. The Hall–Kier alpha value is -1.22. The van der Waals surface area contributed by atoms with E-state index in [9.17, 15) is 0 Å². The van der Waals surface area contributed by atoms with Crippen LogP contribution in [0.15, 0.2) is 41.3 Å². The van der Waals surface area contributed by atoms with Crippen LogP contribution in [0.4, 0.5) is 0 Å². The van der Waals surface area contributed by atoms with Gasteiger partial charge in [0, 0.05) is 18.1 Å². The van der Waals surface area contributed by atoms with Crippen LogP contribution in [0.5, 0.6) is 0 Å². The number of aromatic nitrogens is 2. The van der Waals surface area contributed by atoms with Gasteiger partial charge in [0.2, 0.25) is 0 Å². The zero-order valence-corrected chi connectivity index (χ0v) is 11.3. The van der Waals surface area contributed by atoms with Crippen LogP contribution >= 0.6 is 15.9 Å². The lowest BCUT2D eigenvalue weighted by Gasteiger charge is -1.90. The second-order valence-corrected chi connectivity index (χ2v) is 4.44. The number of pyridine rings is 2. The van der Waals surface area contributed by atoms with Crippen molar-refractivity contribution in [2.75, 3.05) is 0 Å². The first-order valence-corrected chi connectivity index (χ1v) is 5.84. The molecule has 0 saturated carbocycles. The van der Waals surface area contributed by atoms with Gasteiger partial charge >= 0.3 is 0 Å². The third-order valence-electron chi connectivity index (χ3n) is 1.93. The lowest BCUT2D eigenvalue weighted by atomic mass is 10.3. The number of hydrogen-bond donors (Lipinski definition) is 0. The van der Waals surface area contributed by atoms with Gasteiger partial charge in [-0.3, -0.25) is 4.98 Å². The molecule has 2 aromatic heterocycles. The fraction of sp³-hybridized carbons (Fsp3) is 0.231. The van der Waals surface area contributed by atoms with Gasteiger partial charge in [-0.15, -0.1) is 0 Å². The van der Waals surface area contributed by atoms with Crippen molar-refractivity contribution in [3.63, 3.8) is 0 Å². The Morgan fingerprint density at radius 1 is 0.875 bits per heavy atom. The van der Waals surface area contributed by atoms with Crippen molar-refractivity contribution in [2.24, 2.45) is 0 Å². The molecule has 0 radical (unpaired) electrons. The van der Waals surface area contributed by atoms with Crippen LogP contribution in [-0.4, -0.2) is 9.97 Å². The van der Waals surface area contributed by atoms with E-state index in [0.29, 0.717) is 0 Å². The molecule has 2 heterocycles. The Morgan fingerprint density at radius 3 is 1.75 bits per heavy atom. The summed E-state index contributed by atoms with van der Waals surface area (Å²) in [6, 6.07) is 7.98. The van der Waals surface area contributed by atoms with Gasteiger partial charge in [0.05, 0.1) is 0 Å². The van der Waals surface area contributed by atoms with Gasteiger partial charge in [0.1, 0.15) is 4.60 Å². The maximum Gasteiger partial charge on any atom is 0.106 e. The van der Waals surface area contributed by atoms with Gasteiger partial charge < -0.3 is 0 Å². The molecule has 2 rings (SSSR count). The third kappa shape index (κ3) is 5.03. The Labute approximate surface area is 105 Å². The van der Waals surface area contributed by atoms with E-state index in [2.05, 4.69) is 38.9 Å². The van der Waals surface area contributed by atoms with Gasteiger partial charge in [0.15, 0.2) is 0 Å². The zero-order valence-electron chi connectivity index (χ0n) is 9.74. The summed E-state index contributed by atoms with van der Waals surface area (Å²) in [6.07, 6.45) is 3.60. The molecule has 0 bridgehead atoms. The van der Waals surface area contributed by atoms with Crippen LogP contribution in [0.1, 0.15) is 16.8 Å². The maximum absolute atomic E-state index is 4.04. The molecule has 0 aliphatic heterocycles. The van der Waals surface area contributed by atoms with Crippen LogP contribution in [0.3, 0.4) is 0 Å². The largest absolute Gasteiger partial charge is 0.262 e. The SMILES string of the molecule is Cc1ccnc(Br)c1.Cc1ccnc(C)c1. The van der Waals surface area contributed by atoms with Gasteiger partial charge in [-0.05, 0) is 72.1 Å². The van der Waals surface area contributed by atoms with Crippen LogP contribution in [0, 0.1) is 20.8 Å². The molecule has 0 aliphatic rings. The predicted octanol–water partition coefficient (Wildman–Crippen LogP) is 3.85. The number of nitrogens with zero attached hydrogens (tertiary/aromatic N) is 2. The van der Waals surface area contributed by atoms with E-state index in [1.807, 2.05) is 38.2 Å². The van der Waals surface area contributed by atoms with E-state index in [0.717, 1.165) is 10.3 Å². The highest BCUT2D eigenvalue weighted by Gasteiger charge is 1.84. The Bertz CT molecular complexity index is 377. The summed E-state index contributed by atoms with van der Waals surface area (Å²) in [7, 11) is 0. The fourth-order valence-electron chi connectivity index (χ4n) is 1.19. The van der Waals surface area contributed by atoms with E-state index in [1.165, 1.54) is 11.1 Å². The molecule has 0 N–H and O–H groups in total. The fourth-order valence-corrected chi connectivity index (χ4v) is 1.67. The van der Waals surface area contributed by atoms with Crippen molar-refractivity contribution in [1.29, 1.82) is 0 Å². The van der Waals surface area contributed by atoms with E-state index in [1.54, 1.807) is 6.20 Å². The summed E-state index contributed by atoms with van der Waals surface area (Å²) in [4.78, 5) is 8.00. The number of rotatable bonds is 0. The minimum Gasteiger partial charge on any atom is -0.262 e. The maximum atomic E-state index is 4.04. The molecule has 0 atom stereocenters. The Balaban J connectivity index is 0.000000160. The normalized spacial score (nSPS) is 9.25. The molecular formula is C13H15BrN2. The molecule has 0 spiro atoms. The first-order valence-electron chi connectivity index (χ1n) is 5.05. The zero-order chi connectivity index (χ0) is 12.0. The molecule has 0 fully saturated rings. The van der Waals surface area contributed by atoms with E-state index in [-0.39, 0.29) is 0 Å². The summed E-state index contributed by atoms with van der Waals surface area (Å²) < 4.78 is 0.900. The molecule has 3 heteroatoms. The van der Waals surface area contributed by atoms with Crippen LogP contribution in [-0.2, 0) is 0 Å². The molecule has 0 saturated heterocycles. The summed E-state index contributed by atoms with van der Waals surface area (Å²) >= 11 is 3.25. The number of aryl methyl sites for hydroxylation is 3. The minimum absolute atomic E-state index is 0.900. The third-order valence-corrected chi connectivity index (χ3v) is 2.37. The second kappa shape index (κ2) is 6.38. The average Bonchev–Trinajstić information content (AvgIpc) is 2.17. The highest BCUT2D eigenvalue weighted by Crippen LogP contribution is 2.05. The second-order valence-electron chi connectivity index (χ2n) is 3.63. The highest BCUT2D eigenvalue weighted by atomic mass is 79.9. The van der Waals surface area contributed by atoms with Gasteiger partial charge in [0.25, 0.3) is 0 Å². The van der Waals surface area contributed by atoms with Gasteiger partial charge in [-0.2, -0.15) is 0 Å². The smallest absolute Gasteiger partial charge is 0.106 e. The van der Waals surface area contributed by atoms with Crippen LogP contribution in [0.2, 0.25) is 0 Å². The standard InChI is InChI=1S/C7H9N.C6H6BrN/c1-6-3-4-8-7(2)5-6;1-5-2-3-8-6(7)4-5/h3-5H,1-2H3;2-4H,1H3. The molecule has 2 aromatic rings. The van der Waals surface area contributed by atoms with Crippen LogP contribution < -0.4 is 0 Å². The van der Waals surface area contributed by atoms with Gasteiger partial charge in [-0.1, -0.05) is 0 Å². The summed E-state index contributed by atoms with van der Waals surface area (Å²) in [6.45, 7) is 6.09. The van der Waals surface area contributed by atoms with Gasteiger partial charge in [-0.25, -0.2) is 4.98 Å². The van der Waals surface area contributed by atoms with Crippen molar-refractivity contribution < 1.29 is 0 Å². The van der Waals surface area contributed by atoms with E-state index in [4.69, 9.17) is 0 Å². The summed E-state index contributed by atoms with van der Waals surface area (Å²) in [5.74, 6) is 0. The minimum atomic E-state index is 0.900. The topological polar surface area (TPSA) is 25.8 Å². The molecular weight excluding hydrogens is 264 g/mol. The molecule has 84 valence electrons. The molecule has 0 aromatic carbocycles.